The number of anilines is 1. The molecule has 1 N–H and O–H groups in total. The quantitative estimate of drug-likeness (QED) is 0.866. The van der Waals surface area contributed by atoms with Gasteiger partial charge < -0.3 is 0 Å². The lowest BCUT2D eigenvalue weighted by atomic mass is 9.91. The maximum Gasteiger partial charge on any atom is 0.232 e. The van der Waals surface area contributed by atoms with E-state index in [4.69, 9.17) is 0 Å². The van der Waals surface area contributed by atoms with Crippen LogP contribution in [-0.2, 0) is 10.0 Å². The first-order chi connectivity index (χ1) is 9.37. The molecule has 0 heterocycles. The van der Waals surface area contributed by atoms with Crippen molar-refractivity contribution in [1.82, 2.24) is 0 Å². The van der Waals surface area contributed by atoms with Crippen LogP contribution in [-0.4, -0.2) is 14.2 Å². The second-order valence-electron chi connectivity index (χ2n) is 5.81. The molecule has 1 fully saturated rings. The van der Waals surface area contributed by atoms with Crippen molar-refractivity contribution in [1.29, 1.82) is 0 Å². The highest BCUT2D eigenvalue weighted by Gasteiger charge is 2.21. The predicted octanol–water partition coefficient (Wildman–Crippen LogP) is 4.39. The zero-order valence-electron chi connectivity index (χ0n) is 12.1. The van der Waals surface area contributed by atoms with E-state index in [1.54, 1.807) is 0 Å². The van der Waals surface area contributed by atoms with E-state index in [1.807, 2.05) is 26.0 Å². The van der Waals surface area contributed by atoms with E-state index in [2.05, 4.69) is 20.7 Å². The minimum absolute atomic E-state index is 0.251. The summed E-state index contributed by atoms with van der Waals surface area (Å²) in [5, 5.41) is 0. The Hall–Kier alpha value is -0.550. The second kappa shape index (κ2) is 6.48. The molecule has 1 aliphatic rings. The molecule has 20 heavy (non-hydrogen) atoms. The van der Waals surface area contributed by atoms with Gasteiger partial charge in [-0.25, -0.2) is 8.42 Å². The van der Waals surface area contributed by atoms with Crippen molar-refractivity contribution in [3.05, 3.63) is 27.7 Å². The van der Waals surface area contributed by atoms with Gasteiger partial charge >= 0.3 is 0 Å². The van der Waals surface area contributed by atoms with Gasteiger partial charge in [0.05, 0.1) is 5.75 Å². The molecule has 0 amide bonds. The normalized spacial score (nSPS) is 17.1. The van der Waals surface area contributed by atoms with Crippen LogP contribution in [0.3, 0.4) is 0 Å². The van der Waals surface area contributed by atoms with Crippen LogP contribution in [0.2, 0.25) is 0 Å². The monoisotopic (exact) mass is 359 g/mol. The SMILES string of the molecule is Cc1cc(NS(=O)(=O)CC2CCCCC2)cc(C)c1Br. The number of sulfonamides is 1. The highest BCUT2D eigenvalue weighted by atomic mass is 79.9. The van der Waals surface area contributed by atoms with Crippen molar-refractivity contribution in [3.63, 3.8) is 0 Å². The van der Waals surface area contributed by atoms with Crippen molar-refractivity contribution in [2.24, 2.45) is 5.92 Å². The molecule has 0 radical (unpaired) electrons. The summed E-state index contributed by atoms with van der Waals surface area (Å²) in [5.74, 6) is 0.570. The number of hydrogen-bond acceptors (Lipinski definition) is 2. The molecule has 3 nitrogen and oxygen atoms in total. The molecule has 1 aliphatic carbocycles. The third-order valence-electron chi connectivity index (χ3n) is 3.89. The average Bonchev–Trinajstić information content (AvgIpc) is 2.36. The Morgan fingerprint density at radius 1 is 1.15 bits per heavy atom. The van der Waals surface area contributed by atoms with Crippen LogP contribution in [0.1, 0.15) is 43.2 Å². The molecule has 1 aromatic rings. The third kappa shape index (κ3) is 4.22. The van der Waals surface area contributed by atoms with Gasteiger partial charge in [0.15, 0.2) is 0 Å². The largest absolute Gasteiger partial charge is 0.284 e. The van der Waals surface area contributed by atoms with Gasteiger partial charge in [-0.1, -0.05) is 35.2 Å². The van der Waals surface area contributed by atoms with Crippen molar-refractivity contribution >= 4 is 31.6 Å². The Morgan fingerprint density at radius 3 is 2.25 bits per heavy atom. The lowest BCUT2D eigenvalue weighted by Crippen LogP contribution is -2.24. The van der Waals surface area contributed by atoms with E-state index < -0.39 is 10.0 Å². The molecule has 0 unspecified atom stereocenters. The van der Waals surface area contributed by atoms with Gasteiger partial charge in [-0.05, 0) is 55.9 Å². The van der Waals surface area contributed by atoms with Crippen LogP contribution in [0, 0.1) is 19.8 Å². The van der Waals surface area contributed by atoms with E-state index in [0.29, 0.717) is 11.6 Å². The van der Waals surface area contributed by atoms with Crippen LogP contribution in [0.4, 0.5) is 5.69 Å². The molecule has 0 bridgehead atoms. The number of hydrogen-bond donors (Lipinski definition) is 1. The maximum absolute atomic E-state index is 12.3. The maximum atomic E-state index is 12.3. The van der Waals surface area contributed by atoms with Crippen LogP contribution < -0.4 is 4.72 Å². The molecular weight excluding hydrogens is 338 g/mol. The van der Waals surface area contributed by atoms with Crippen molar-refractivity contribution in [2.45, 2.75) is 46.0 Å². The molecule has 112 valence electrons. The number of benzene rings is 1. The fourth-order valence-electron chi connectivity index (χ4n) is 2.89. The molecular formula is C15H22BrNO2S. The number of aryl methyl sites for hydroxylation is 2. The van der Waals surface area contributed by atoms with Crippen LogP contribution >= 0.6 is 15.9 Å². The molecule has 0 spiro atoms. The highest BCUT2D eigenvalue weighted by Crippen LogP contribution is 2.28. The summed E-state index contributed by atoms with van der Waals surface area (Å²) in [5.41, 5.74) is 2.75. The van der Waals surface area contributed by atoms with Crippen molar-refractivity contribution < 1.29 is 8.42 Å². The van der Waals surface area contributed by atoms with E-state index in [-0.39, 0.29) is 5.75 Å². The van der Waals surface area contributed by atoms with E-state index >= 15 is 0 Å². The summed E-state index contributed by atoms with van der Waals surface area (Å²) >= 11 is 3.50. The van der Waals surface area contributed by atoms with Crippen molar-refractivity contribution in [2.75, 3.05) is 10.5 Å². The first-order valence-electron chi connectivity index (χ1n) is 7.14. The van der Waals surface area contributed by atoms with Crippen molar-refractivity contribution in [3.8, 4) is 0 Å². The molecule has 2 rings (SSSR count). The Balaban J connectivity index is 2.07. The highest BCUT2D eigenvalue weighted by molar-refractivity contribution is 9.10. The zero-order valence-corrected chi connectivity index (χ0v) is 14.5. The summed E-state index contributed by atoms with van der Waals surface area (Å²) in [6, 6.07) is 3.74. The Bertz CT molecular complexity index is 555. The molecule has 5 heteroatoms. The molecule has 0 aliphatic heterocycles. The zero-order chi connectivity index (χ0) is 14.8. The van der Waals surface area contributed by atoms with E-state index in [9.17, 15) is 8.42 Å². The van der Waals surface area contributed by atoms with Gasteiger partial charge in [0.25, 0.3) is 0 Å². The molecule has 0 saturated heterocycles. The second-order valence-corrected chi connectivity index (χ2v) is 8.37. The molecule has 0 atom stereocenters. The van der Waals surface area contributed by atoms with Crippen LogP contribution in [0.5, 0.6) is 0 Å². The number of rotatable bonds is 4. The van der Waals surface area contributed by atoms with Gasteiger partial charge in [0.2, 0.25) is 10.0 Å². The van der Waals surface area contributed by atoms with Gasteiger partial charge in [-0.3, -0.25) is 4.72 Å². The first-order valence-corrected chi connectivity index (χ1v) is 9.59. The predicted molar refractivity (Wildman–Crippen MR) is 87.6 cm³/mol. The minimum atomic E-state index is -3.25. The van der Waals surface area contributed by atoms with Gasteiger partial charge in [0, 0.05) is 10.2 Å². The van der Waals surface area contributed by atoms with E-state index in [1.165, 1.54) is 6.42 Å². The minimum Gasteiger partial charge on any atom is -0.284 e. The topological polar surface area (TPSA) is 46.2 Å². The van der Waals surface area contributed by atoms with Gasteiger partial charge in [-0.15, -0.1) is 0 Å². The number of nitrogens with one attached hydrogen (secondary N) is 1. The van der Waals surface area contributed by atoms with Crippen LogP contribution in [0.15, 0.2) is 16.6 Å². The molecule has 0 aromatic heterocycles. The molecule has 1 aromatic carbocycles. The number of halogens is 1. The summed E-state index contributed by atoms with van der Waals surface area (Å²) in [6.07, 6.45) is 5.65. The standard InChI is InChI=1S/C15H22BrNO2S/c1-11-8-14(9-12(2)15(11)16)17-20(18,19)10-13-6-4-3-5-7-13/h8-9,13,17H,3-7,10H2,1-2H3. The summed E-state index contributed by atoms with van der Waals surface area (Å²) < 4.78 is 28.3. The van der Waals surface area contributed by atoms with Gasteiger partial charge in [-0.2, -0.15) is 0 Å². The van der Waals surface area contributed by atoms with Gasteiger partial charge in [0.1, 0.15) is 0 Å². The smallest absolute Gasteiger partial charge is 0.232 e. The third-order valence-corrected chi connectivity index (χ3v) is 6.60. The van der Waals surface area contributed by atoms with E-state index in [0.717, 1.165) is 41.3 Å². The van der Waals surface area contributed by atoms with Crippen LogP contribution in [0.25, 0.3) is 0 Å². The Kier molecular flexibility index (Phi) is 5.13. The summed E-state index contributed by atoms with van der Waals surface area (Å²) in [6.45, 7) is 3.94. The summed E-state index contributed by atoms with van der Waals surface area (Å²) in [7, 11) is -3.25. The fourth-order valence-corrected chi connectivity index (χ4v) is 4.63. The average molecular weight is 360 g/mol. The Morgan fingerprint density at radius 2 is 1.70 bits per heavy atom. The lowest BCUT2D eigenvalue weighted by molar-refractivity contribution is 0.385. The first kappa shape index (κ1) is 15.8. The lowest BCUT2D eigenvalue weighted by Gasteiger charge is -2.21. The summed E-state index contributed by atoms with van der Waals surface area (Å²) in [4.78, 5) is 0. The Labute approximate surface area is 130 Å². The fraction of sp³-hybridized carbons (Fsp3) is 0.600. The molecule has 1 saturated carbocycles.